The van der Waals surface area contributed by atoms with E-state index in [4.69, 9.17) is 39.8 Å². The van der Waals surface area contributed by atoms with E-state index >= 15 is 0 Å². The minimum Gasteiger partial charge on any atom is -0.367 e. The first-order valence-corrected chi connectivity index (χ1v) is 13.7. The summed E-state index contributed by atoms with van der Waals surface area (Å²) >= 11 is 0. The maximum Gasteiger partial charge on any atom is 0.590 e. The molecule has 3 radical (unpaired) electrons. The summed E-state index contributed by atoms with van der Waals surface area (Å²) in [4.78, 5) is 0. The van der Waals surface area contributed by atoms with Gasteiger partial charge in [0.1, 0.15) is 5.04 Å². The lowest BCUT2D eigenvalue weighted by Gasteiger charge is -2.20. The van der Waals surface area contributed by atoms with Crippen LogP contribution in [-0.2, 0) is 39.8 Å². The zero-order chi connectivity index (χ0) is 22.6. The van der Waals surface area contributed by atoms with Crippen molar-refractivity contribution in [2.45, 2.75) is 5.04 Å². The van der Waals surface area contributed by atoms with Crippen molar-refractivity contribution >= 4 is 36.7 Å². The maximum atomic E-state index is 5.32. The van der Waals surface area contributed by atoms with Gasteiger partial charge in [-0.3, -0.25) is 0 Å². The second-order valence-electron chi connectivity index (χ2n) is 5.01. The normalized spacial score (nSPS) is 12.2. The SMILES string of the molecule is CO[Si](C#CC([Si])(C#C[Si](OC)(OC)OC)C#C[Si](OC)(OC)OC)(OC)OC. The molecule has 0 N–H and O–H groups in total. The van der Waals surface area contributed by atoms with E-state index in [0.29, 0.717) is 0 Å². The van der Waals surface area contributed by atoms with Gasteiger partial charge in [-0.1, -0.05) is 17.8 Å². The van der Waals surface area contributed by atoms with Gasteiger partial charge in [0.2, 0.25) is 0 Å². The molecule has 0 aliphatic carbocycles. The molecule has 29 heavy (non-hydrogen) atoms. The summed E-state index contributed by atoms with van der Waals surface area (Å²) in [6, 6.07) is 0. The molecule has 0 aliphatic heterocycles. The number of hydrogen-bond acceptors (Lipinski definition) is 9. The summed E-state index contributed by atoms with van der Waals surface area (Å²) in [7, 11) is 6.84. The molecular weight excluding hydrogens is 449 g/mol. The van der Waals surface area contributed by atoms with E-state index in [1.165, 1.54) is 64.0 Å². The van der Waals surface area contributed by atoms with Crippen molar-refractivity contribution in [1.82, 2.24) is 0 Å². The van der Waals surface area contributed by atoms with Crippen molar-refractivity contribution in [2.24, 2.45) is 0 Å². The highest BCUT2D eigenvalue weighted by molar-refractivity contribution is 6.71. The predicted molar refractivity (Wildman–Crippen MR) is 112 cm³/mol. The first-order chi connectivity index (χ1) is 13.7. The predicted octanol–water partition coefficient (Wildman–Crippen LogP) is -0.424. The Hall–Kier alpha value is -0.812. The van der Waals surface area contributed by atoms with Gasteiger partial charge in [0.15, 0.2) is 0 Å². The van der Waals surface area contributed by atoms with E-state index < -0.39 is 31.5 Å². The minimum absolute atomic E-state index is 1.38. The summed E-state index contributed by atoms with van der Waals surface area (Å²) < 4.78 is 47.9. The zero-order valence-electron chi connectivity index (χ0n) is 18.2. The first-order valence-electron chi connectivity index (χ1n) is 8.01. The standard InChI is InChI=1S/C16H27O9Si4/c1-17-27(18-2,19-3)13-10-16(26,11-14-28(20-4,21-5)22-6)12-15-29(23-7,24-8)25-9/h1-9H3. The molecule has 0 heterocycles. The molecule has 13 heteroatoms. The van der Waals surface area contributed by atoms with Crippen molar-refractivity contribution < 1.29 is 39.8 Å². The molecule has 0 bridgehead atoms. The van der Waals surface area contributed by atoms with Gasteiger partial charge in [-0.25, -0.2) is 0 Å². The Balaban J connectivity index is 6.54. The molecule has 0 aromatic carbocycles. The molecule has 0 aromatic rings. The van der Waals surface area contributed by atoms with Crippen LogP contribution in [0.3, 0.4) is 0 Å². The van der Waals surface area contributed by atoms with Crippen LogP contribution < -0.4 is 0 Å². The van der Waals surface area contributed by atoms with Crippen LogP contribution in [0.1, 0.15) is 0 Å². The lowest BCUT2D eigenvalue weighted by Crippen LogP contribution is -2.43. The molecule has 0 saturated carbocycles. The molecule has 0 atom stereocenters. The summed E-state index contributed by atoms with van der Waals surface area (Å²) in [6.07, 6.45) is 0. The van der Waals surface area contributed by atoms with E-state index in [9.17, 15) is 0 Å². The molecule has 0 unspecified atom stereocenters. The number of rotatable bonds is 9. The molecule has 0 amide bonds. The van der Waals surface area contributed by atoms with Crippen LogP contribution in [0.15, 0.2) is 0 Å². The molecule has 0 fully saturated rings. The average molecular weight is 476 g/mol. The van der Waals surface area contributed by atoms with Crippen molar-refractivity contribution in [3.05, 3.63) is 0 Å². The Kier molecular flexibility index (Phi) is 12.4. The Morgan fingerprint density at radius 2 is 0.621 bits per heavy atom. The maximum absolute atomic E-state index is 5.32. The third-order valence-electron chi connectivity index (χ3n) is 3.63. The lowest BCUT2D eigenvalue weighted by atomic mass is 10.2. The Bertz CT molecular complexity index is 568. The molecular formula is C16H27O9Si4. The fourth-order valence-corrected chi connectivity index (χ4v) is 5.82. The van der Waals surface area contributed by atoms with Gasteiger partial charge < -0.3 is 39.8 Å². The van der Waals surface area contributed by atoms with Crippen molar-refractivity contribution in [3.63, 3.8) is 0 Å². The quantitative estimate of drug-likeness (QED) is 0.326. The summed E-state index contributed by atoms with van der Waals surface area (Å²) in [5.41, 5.74) is 8.57. The minimum atomic E-state index is -3.22. The van der Waals surface area contributed by atoms with Gasteiger partial charge in [0.25, 0.3) is 0 Å². The van der Waals surface area contributed by atoms with Gasteiger partial charge in [-0.15, -0.1) is 0 Å². The van der Waals surface area contributed by atoms with Crippen LogP contribution >= 0.6 is 0 Å². The van der Waals surface area contributed by atoms with Crippen LogP contribution in [0, 0.1) is 34.4 Å². The highest BCUT2D eigenvalue weighted by atomic mass is 28.4. The Labute approximate surface area is 180 Å². The van der Waals surface area contributed by atoms with Crippen molar-refractivity contribution in [2.75, 3.05) is 64.0 Å². The van der Waals surface area contributed by atoms with Crippen LogP contribution in [0.4, 0.5) is 0 Å². The second kappa shape index (κ2) is 12.8. The molecule has 0 aliphatic rings. The summed E-state index contributed by atoms with van der Waals surface area (Å²) in [5, 5.41) is -1.38. The largest absolute Gasteiger partial charge is 0.590 e. The average Bonchev–Trinajstić information content (AvgIpc) is 2.78. The van der Waals surface area contributed by atoms with E-state index in [-0.39, 0.29) is 0 Å². The van der Waals surface area contributed by atoms with Gasteiger partial charge >= 0.3 is 26.4 Å². The molecule has 9 nitrogen and oxygen atoms in total. The van der Waals surface area contributed by atoms with E-state index in [0.717, 1.165) is 0 Å². The monoisotopic (exact) mass is 475 g/mol. The van der Waals surface area contributed by atoms with Gasteiger partial charge in [0, 0.05) is 64.0 Å². The van der Waals surface area contributed by atoms with Crippen LogP contribution in [0.25, 0.3) is 0 Å². The second-order valence-corrected chi connectivity index (χ2v) is 13.5. The van der Waals surface area contributed by atoms with Gasteiger partial charge in [-0.2, -0.15) is 0 Å². The molecule has 0 spiro atoms. The van der Waals surface area contributed by atoms with Crippen LogP contribution in [0.5, 0.6) is 0 Å². The van der Waals surface area contributed by atoms with Gasteiger partial charge in [-0.05, 0) is 16.6 Å². The van der Waals surface area contributed by atoms with Gasteiger partial charge in [0.05, 0.1) is 10.2 Å². The van der Waals surface area contributed by atoms with Crippen LogP contribution in [-0.4, -0.2) is 101 Å². The molecule has 0 rings (SSSR count). The number of hydrogen-bond donors (Lipinski definition) is 0. The van der Waals surface area contributed by atoms with E-state index in [1.807, 2.05) is 0 Å². The topological polar surface area (TPSA) is 83.1 Å². The van der Waals surface area contributed by atoms with Crippen molar-refractivity contribution in [1.29, 1.82) is 0 Å². The summed E-state index contributed by atoms with van der Waals surface area (Å²) in [5.74, 6) is 8.68. The van der Waals surface area contributed by atoms with E-state index in [1.54, 1.807) is 0 Å². The zero-order valence-corrected chi connectivity index (χ0v) is 22.2. The Morgan fingerprint density at radius 1 is 0.448 bits per heavy atom. The molecule has 161 valence electrons. The highest BCUT2D eigenvalue weighted by Crippen LogP contribution is 2.20. The highest BCUT2D eigenvalue weighted by Gasteiger charge is 2.40. The first kappa shape index (κ1) is 28.2. The smallest absolute Gasteiger partial charge is 0.367 e. The third kappa shape index (κ3) is 7.75. The van der Waals surface area contributed by atoms with E-state index in [2.05, 4.69) is 44.6 Å². The summed E-state index contributed by atoms with van der Waals surface area (Å²) in [6.45, 7) is 0. The third-order valence-corrected chi connectivity index (χ3v) is 10.1. The van der Waals surface area contributed by atoms with Crippen molar-refractivity contribution in [3.8, 4) is 34.4 Å². The van der Waals surface area contributed by atoms with Crippen LogP contribution in [0.2, 0.25) is 5.04 Å². The molecule has 0 aromatic heterocycles. The molecule has 0 saturated heterocycles. The fraction of sp³-hybridized carbons (Fsp3) is 0.625. The lowest BCUT2D eigenvalue weighted by molar-refractivity contribution is 0.141. The Morgan fingerprint density at radius 3 is 0.759 bits per heavy atom. The fourth-order valence-electron chi connectivity index (χ4n) is 1.81.